The summed E-state index contributed by atoms with van der Waals surface area (Å²) in [7, 11) is 0. The molecule has 0 unspecified atom stereocenters. The average molecular weight is 190 g/mol. The van der Waals surface area contributed by atoms with Crippen LogP contribution in [0, 0.1) is 0 Å². The van der Waals surface area contributed by atoms with E-state index < -0.39 is 0 Å². The van der Waals surface area contributed by atoms with Gasteiger partial charge in [0.2, 0.25) is 12.2 Å². The van der Waals surface area contributed by atoms with Gasteiger partial charge in [0.15, 0.2) is 0 Å². The van der Waals surface area contributed by atoms with Gasteiger partial charge in [-0.15, -0.1) is 0 Å². The minimum atomic E-state index is -0.289. The first-order valence-electron chi connectivity index (χ1n) is 3.72. The van der Waals surface area contributed by atoms with Gasteiger partial charge < -0.3 is 5.11 Å². The van der Waals surface area contributed by atoms with Crippen molar-refractivity contribution < 1.29 is 14.7 Å². The summed E-state index contributed by atoms with van der Waals surface area (Å²) in [5.74, 6) is 0. The van der Waals surface area contributed by atoms with Gasteiger partial charge in [-0.1, -0.05) is 12.1 Å². The number of hydrogen-bond donors (Lipinski definition) is 1. The van der Waals surface area contributed by atoms with E-state index in [9.17, 15) is 9.59 Å². The summed E-state index contributed by atoms with van der Waals surface area (Å²) in [6.45, 7) is -0.289. The summed E-state index contributed by atoms with van der Waals surface area (Å²) in [4.78, 5) is 26.8. The van der Waals surface area contributed by atoms with E-state index in [1.54, 1.807) is 12.1 Å². The lowest BCUT2D eigenvalue weighted by molar-refractivity contribution is 0.282. The number of rotatable bonds is 3. The number of carbonyl (C=O) groups excluding carboxylic acids is 2. The van der Waals surface area contributed by atoms with E-state index in [-0.39, 0.29) is 18.0 Å². The zero-order chi connectivity index (χ0) is 10.4. The molecule has 14 heavy (non-hydrogen) atoms. The minimum Gasteiger partial charge on any atom is -0.392 e. The van der Waals surface area contributed by atoms with Crippen LogP contribution in [0.1, 0.15) is 5.56 Å². The summed E-state index contributed by atoms with van der Waals surface area (Å²) < 4.78 is 0. The molecule has 0 heterocycles. The van der Waals surface area contributed by atoms with E-state index in [0.29, 0.717) is 5.56 Å². The van der Waals surface area contributed by atoms with Crippen LogP contribution in [0.2, 0.25) is 0 Å². The summed E-state index contributed by atoms with van der Waals surface area (Å²) in [6.07, 6.45) is 2.67. The summed E-state index contributed by atoms with van der Waals surface area (Å²) in [5, 5.41) is 8.91. The van der Waals surface area contributed by atoms with Crippen molar-refractivity contribution in [3.8, 4) is 0 Å². The zero-order valence-electron chi connectivity index (χ0n) is 7.10. The quantitative estimate of drug-likeness (QED) is 0.572. The molecule has 0 bridgehead atoms. The molecule has 5 heteroatoms. The Morgan fingerprint density at radius 1 is 1.21 bits per heavy atom. The second-order valence-corrected chi connectivity index (χ2v) is 2.35. The highest BCUT2D eigenvalue weighted by Crippen LogP contribution is 2.30. The molecule has 1 N–H and O–H groups in total. The van der Waals surface area contributed by atoms with Crippen molar-refractivity contribution in [3.63, 3.8) is 0 Å². The van der Waals surface area contributed by atoms with Crippen LogP contribution in [-0.4, -0.2) is 17.3 Å². The van der Waals surface area contributed by atoms with Gasteiger partial charge in [0.1, 0.15) is 11.4 Å². The van der Waals surface area contributed by atoms with Crippen molar-refractivity contribution in [2.75, 3.05) is 0 Å². The molecule has 0 atom stereocenters. The Morgan fingerprint density at radius 2 is 1.93 bits per heavy atom. The highest BCUT2D eigenvalue weighted by molar-refractivity contribution is 5.71. The first kappa shape index (κ1) is 10.0. The molecule has 0 aromatic heterocycles. The maximum atomic E-state index is 10.1. The van der Waals surface area contributed by atoms with Gasteiger partial charge in [-0.2, -0.15) is 9.98 Å². The molecule has 0 aliphatic carbocycles. The first-order valence-corrected chi connectivity index (χ1v) is 3.72. The molecule has 0 spiro atoms. The Hall–Kier alpha value is -2.06. The Balaban J connectivity index is 3.41. The van der Waals surface area contributed by atoms with Gasteiger partial charge in [0.25, 0.3) is 0 Å². The third-order valence-electron chi connectivity index (χ3n) is 1.59. The van der Waals surface area contributed by atoms with Crippen LogP contribution in [0.4, 0.5) is 11.4 Å². The number of aliphatic imine (C=N–C) groups is 2. The third kappa shape index (κ3) is 2.00. The number of aliphatic hydroxyl groups excluding tert-OH is 1. The molecule has 0 aliphatic rings. The second kappa shape index (κ2) is 4.84. The van der Waals surface area contributed by atoms with Crippen LogP contribution in [0.5, 0.6) is 0 Å². The van der Waals surface area contributed by atoms with E-state index in [0.717, 1.165) is 0 Å². The summed E-state index contributed by atoms with van der Waals surface area (Å²) >= 11 is 0. The van der Waals surface area contributed by atoms with E-state index in [1.807, 2.05) is 0 Å². The van der Waals surface area contributed by atoms with Gasteiger partial charge >= 0.3 is 0 Å². The highest BCUT2D eigenvalue weighted by atomic mass is 16.3. The van der Waals surface area contributed by atoms with Gasteiger partial charge in [-0.3, -0.25) is 0 Å². The van der Waals surface area contributed by atoms with Crippen LogP contribution in [0.25, 0.3) is 0 Å². The van der Waals surface area contributed by atoms with Crippen LogP contribution in [0.15, 0.2) is 28.2 Å². The molecule has 70 valence electrons. The van der Waals surface area contributed by atoms with Crippen molar-refractivity contribution in [1.82, 2.24) is 0 Å². The van der Waals surface area contributed by atoms with Crippen LogP contribution < -0.4 is 0 Å². The number of para-hydroxylation sites is 1. The molecule has 1 aromatic rings. The fraction of sp³-hybridized carbons (Fsp3) is 0.111. The molecule has 1 rings (SSSR count). The second-order valence-electron chi connectivity index (χ2n) is 2.35. The SMILES string of the molecule is O=C=Nc1cccc(CO)c1N=C=O. The van der Waals surface area contributed by atoms with Gasteiger partial charge in [-0.25, -0.2) is 9.59 Å². The summed E-state index contributed by atoms with van der Waals surface area (Å²) in [5.41, 5.74) is 0.744. The molecule has 5 nitrogen and oxygen atoms in total. The van der Waals surface area contributed by atoms with Crippen molar-refractivity contribution in [3.05, 3.63) is 23.8 Å². The van der Waals surface area contributed by atoms with Gasteiger partial charge in [0.05, 0.1) is 6.61 Å². The topological polar surface area (TPSA) is 79.1 Å². The Bertz CT molecular complexity index is 430. The fourth-order valence-corrected chi connectivity index (χ4v) is 1.02. The summed E-state index contributed by atoms with van der Waals surface area (Å²) in [6, 6.07) is 4.64. The minimum absolute atomic E-state index is 0.147. The Morgan fingerprint density at radius 3 is 2.50 bits per heavy atom. The van der Waals surface area contributed by atoms with Crippen molar-refractivity contribution in [2.24, 2.45) is 9.98 Å². The molecule has 0 aliphatic heterocycles. The fourth-order valence-electron chi connectivity index (χ4n) is 1.02. The van der Waals surface area contributed by atoms with E-state index in [4.69, 9.17) is 5.11 Å². The average Bonchev–Trinajstić information content (AvgIpc) is 2.21. The smallest absolute Gasteiger partial charge is 0.240 e. The van der Waals surface area contributed by atoms with Gasteiger partial charge in [-0.05, 0) is 6.07 Å². The first-order chi connectivity index (χ1) is 6.83. The molecular weight excluding hydrogens is 184 g/mol. The molecule has 1 aromatic carbocycles. The molecule has 0 amide bonds. The molecule has 0 fully saturated rings. The Labute approximate surface area is 79.4 Å². The lowest BCUT2D eigenvalue weighted by Crippen LogP contribution is -1.83. The number of benzene rings is 1. The lowest BCUT2D eigenvalue weighted by Gasteiger charge is -2.01. The van der Waals surface area contributed by atoms with E-state index in [2.05, 4.69) is 9.98 Å². The van der Waals surface area contributed by atoms with Crippen LogP contribution in [0.3, 0.4) is 0 Å². The Kier molecular flexibility index (Phi) is 3.47. The monoisotopic (exact) mass is 190 g/mol. The predicted octanol–water partition coefficient (Wildman–Crippen LogP) is 1.11. The molecule has 0 saturated heterocycles. The zero-order valence-corrected chi connectivity index (χ0v) is 7.10. The number of nitrogens with zero attached hydrogens (tertiary/aromatic N) is 2. The maximum absolute atomic E-state index is 10.1. The largest absolute Gasteiger partial charge is 0.392 e. The molecular formula is C9H6N2O3. The van der Waals surface area contributed by atoms with Crippen molar-refractivity contribution >= 4 is 23.5 Å². The van der Waals surface area contributed by atoms with Crippen molar-refractivity contribution in [1.29, 1.82) is 0 Å². The normalized spacial score (nSPS) is 8.64. The van der Waals surface area contributed by atoms with Crippen LogP contribution >= 0.6 is 0 Å². The number of hydrogen-bond acceptors (Lipinski definition) is 5. The van der Waals surface area contributed by atoms with Gasteiger partial charge in [0, 0.05) is 5.56 Å². The van der Waals surface area contributed by atoms with E-state index in [1.165, 1.54) is 18.2 Å². The standard InChI is InChI=1S/C9H6N2O3/c12-4-7-2-1-3-8(10-5-13)9(7)11-6-14/h1-3,12H,4H2. The number of isocyanates is 2. The van der Waals surface area contributed by atoms with E-state index >= 15 is 0 Å². The lowest BCUT2D eigenvalue weighted by atomic mass is 10.1. The van der Waals surface area contributed by atoms with Crippen molar-refractivity contribution in [2.45, 2.75) is 6.61 Å². The highest BCUT2D eigenvalue weighted by Gasteiger charge is 2.05. The molecule has 0 saturated carbocycles. The number of aliphatic hydroxyl groups is 1. The van der Waals surface area contributed by atoms with Crippen LogP contribution in [-0.2, 0) is 16.2 Å². The predicted molar refractivity (Wildman–Crippen MR) is 47.9 cm³/mol. The maximum Gasteiger partial charge on any atom is 0.240 e. The third-order valence-corrected chi connectivity index (χ3v) is 1.59. The molecule has 0 radical (unpaired) electrons.